The van der Waals surface area contributed by atoms with Crippen molar-refractivity contribution >= 4 is 57.1 Å². The molecule has 3 aromatic rings. The Hall–Kier alpha value is -2.49. The molecule has 0 aliphatic heterocycles. The van der Waals surface area contributed by atoms with E-state index in [2.05, 4.69) is 40.7 Å². The highest BCUT2D eigenvalue weighted by Gasteiger charge is 2.14. The zero-order chi connectivity index (χ0) is 21.7. The number of ether oxygens (including phenoxy) is 2. The molecule has 7 nitrogen and oxygen atoms in total. The van der Waals surface area contributed by atoms with Crippen molar-refractivity contribution in [2.75, 3.05) is 30.6 Å². The quantitative estimate of drug-likeness (QED) is 0.437. The number of hydrogen-bond acceptors (Lipinski definition) is 8. The van der Waals surface area contributed by atoms with Gasteiger partial charge in [0.05, 0.1) is 30.7 Å². The lowest BCUT2D eigenvalue weighted by atomic mass is 10.1. The Morgan fingerprint density at radius 1 is 1.13 bits per heavy atom. The van der Waals surface area contributed by atoms with Crippen molar-refractivity contribution in [3.8, 4) is 11.5 Å². The van der Waals surface area contributed by atoms with Gasteiger partial charge in [0, 0.05) is 17.8 Å². The zero-order valence-electron chi connectivity index (χ0n) is 16.9. The summed E-state index contributed by atoms with van der Waals surface area (Å²) in [7, 11) is 3.02. The van der Waals surface area contributed by atoms with E-state index in [1.807, 2.05) is 12.1 Å². The van der Waals surface area contributed by atoms with Gasteiger partial charge in [-0.15, -0.1) is 10.2 Å². The summed E-state index contributed by atoms with van der Waals surface area (Å²) < 4.78 is 11.2. The van der Waals surface area contributed by atoms with Crippen LogP contribution in [0.25, 0.3) is 0 Å². The van der Waals surface area contributed by atoms with E-state index in [1.165, 1.54) is 42.9 Å². The molecule has 0 unspecified atom stereocenters. The SMILES string of the molecule is COc1cc(NC(=O)CSc2nnc(Nc3cccc(C)c3C)s2)c(OC)cc1Cl. The average Bonchev–Trinajstić information content (AvgIpc) is 3.18. The lowest BCUT2D eigenvalue weighted by Gasteiger charge is -2.12. The van der Waals surface area contributed by atoms with Gasteiger partial charge in [-0.3, -0.25) is 4.79 Å². The number of thioether (sulfide) groups is 1. The van der Waals surface area contributed by atoms with Crippen LogP contribution in [0.15, 0.2) is 34.7 Å². The summed E-state index contributed by atoms with van der Waals surface area (Å²) in [6.45, 7) is 4.12. The van der Waals surface area contributed by atoms with Crippen LogP contribution in [0.3, 0.4) is 0 Å². The number of carbonyl (C=O) groups excluding carboxylic acids is 1. The maximum Gasteiger partial charge on any atom is 0.234 e. The number of hydrogen-bond donors (Lipinski definition) is 2. The number of amides is 1. The molecular formula is C20H21ClN4O3S2. The van der Waals surface area contributed by atoms with E-state index >= 15 is 0 Å². The van der Waals surface area contributed by atoms with Gasteiger partial charge in [-0.1, -0.05) is 46.8 Å². The Morgan fingerprint density at radius 2 is 1.90 bits per heavy atom. The first-order valence-corrected chi connectivity index (χ1v) is 11.1. The van der Waals surface area contributed by atoms with Crippen LogP contribution in [0.2, 0.25) is 5.02 Å². The van der Waals surface area contributed by atoms with E-state index in [4.69, 9.17) is 21.1 Å². The number of halogens is 1. The van der Waals surface area contributed by atoms with E-state index in [-0.39, 0.29) is 11.7 Å². The van der Waals surface area contributed by atoms with Crippen molar-refractivity contribution < 1.29 is 14.3 Å². The number of methoxy groups -OCH3 is 2. The molecule has 1 heterocycles. The van der Waals surface area contributed by atoms with E-state index in [0.717, 1.165) is 11.3 Å². The zero-order valence-corrected chi connectivity index (χ0v) is 19.3. The van der Waals surface area contributed by atoms with Gasteiger partial charge in [-0.25, -0.2) is 0 Å². The Labute approximate surface area is 188 Å². The number of anilines is 3. The summed E-state index contributed by atoms with van der Waals surface area (Å²) in [5.41, 5.74) is 3.83. The van der Waals surface area contributed by atoms with E-state index in [1.54, 1.807) is 12.1 Å². The molecule has 2 aromatic carbocycles. The van der Waals surface area contributed by atoms with Crippen molar-refractivity contribution in [2.45, 2.75) is 18.2 Å². The monoisotopic (exact) mass is 464 g/mol. The predicted octanol–water partition coefficient (Wildman–Crippen LogP) is 5.30. The van der Waals surface area contributed by atoms with Crippen LogP contribution in [0.1, 0.15) is 11.1 Å². The molecule has 0 fully saturated rings. The third-order valence-corrected chi connectivity index (χ3v) is 6.59. The average molecular weight is 465 g/mol. The third-order valence-electron chi connectivity index (χ3n) is 4.33. The number of carbonyl (C=O) groups is 1. The highest BCUT2D eigenvalue weighted by Crippen LogP contribution is 2.36. The minimum absolute atomic E-state index is 0.173. The first kappa shape index (κ1) is 22.2. The van der Waals surface area contributed by atoms with Crippen LogP contribution in [0, 0.1) is 13.8 Å². The Bertz CT molecular complexity index is 1060. The second-order valence-electron chi connectivity index (χ2n) is 6.27. The molecule has 1 aromatic heterocycles. The van der Waals surface area contributed by atoms with Crippen LogP contribution < -0.4 is 20.1 Å². The fourth-order valence-corrected chi connectivity index (χ4v) is 4.39. The van der Waals surface area contributed by atoms with Crippen molar-refractivity contribution in [3.63, 3.8) is 0 Å². The summed E-state index contributed by atoms with van der Waals surface area (Å²) in [5.74, 6) is 0.871. The molecule has 0 aliphatic carbocycles. The smallest absolute Gasteiger partial charge is 0.234 e. The summed E-state index contributed by atoms with van der Waals surface area (Å²) in [6, 6.07) is 9.27. The molecule has 0 bridgehead atoms. The van der Waals surface area contributed by atoms with Gasteiger partial charge in [-0.2, -0.15) is 0 Å². The maximum atomic E-state index is 12.4. The number of aryl methyl sites for hydroxylation is 1. The molecule has 158 valence electrons. The number of nitrogens with zero attached hydrogens (tertiary/aromatic N) is 2. The highest BCUT2D eigenvalue weighted by molar-refractivity contribution is 8.01. The number of benzene rings is 2. The summed E-state index contributed by atoms with van der Waals surface area (Å²) in [6.07, 6.45) is 0. The molecule has 0 saturated carbocycles. The summed E-state index contributed by atoms with van der Waals surface area (Å²) in [5, 5.41) is 15.5. The lowest BCUT2D eigenvalue weighted by molar-refractivity contribution is -0.113. The van der Waals surface area contributed by atoms with Crippen molar-refractivity contribution in [3.05, 3.63) is 46.5 Å². The van der Waals surface area contributed by atoms with Crippen LogP contribution in [-0.4, -0.2) is 36.1 Å². The van der Waals surface area contributed by atoms with Gasteiger partial charge in [0.1, 0.15) is 11.5 Å². The Morgan fingerprint density at radius 3 is 2.63 bits per heavy atom. The number of aromatic nitrogens is 2. The van der Waals surface area contributed by atoms with Crippen LogP contribution in [-0.2, 0) is 4.79 Å². The van der Waals surface area contributed by atoms with Gasteiger partial charge >= 0.3 is 0 Å². The molecule has 0 saturated heterocycles. The van der Waals surface area contributed by atoms with Crippen molar-refractivity contribution in [1.82, 2.24) is 10.2 Å². The molecule has 0 spiro atoms. The number of rotatable bonds is 8. The summed E-state index contributed by atoms with van der Waals surface area (Å²) >= 11 is 8.80. The van der Waals surface area contributed by atoms with Crippen LogP contribution in [0.5, 0.6) is 11.5 Å². The fraction of sp³-hybridized carbons (Fsp3) is 0.250. The van der Waals surface area contributed by atoms with E-state index in [9.17, 15) is 4.79 Å². The molecule has 0 atom stereocenters. The fourth-order valence-electron chi connectivity index (χ4n) is 2.59. The van der Waals surface area contributed by atoms with Crippen LogP contribution >= 0.6 is 34.7 Å². The molecule has 3 rings (SSSR count). The van der Waals surface area contributed by atoms with Gasteiger partial charge in [0.25, 0.3) is 0 Å². The van der Waals surface area contributed by atoms with Crippen LogP contribution in [0.4, 0.5) is 16.5 Å². The van der Waals surface area contributed by atoms with Gasteiger partial charge in [-0.05, 0) is 31.0 Å². The first-order valence-electron chi connectivity index (χ1n) is 8.92. The van der Waals surface area contributed by atoms with E-state index in [0.29, 0.717) is 31.7 Å². The normalized spacial score (nSPS) is 10.6. The van der Waals surface area contributed by atoms with Gasteiger partial charge in [0.15, 0.2) is 4.34 Å². The van der Waals surface area contributed by atoms with E-state index < -0.39 is 0 Å². The Kier molecular flexibility index (Phi) is 7.41. The Balaban J connectivity index is 1.60. The highest BCUT2D eigenvalue weighted by atomic mass is 35.5. The van der Waals surface area contributed by atoms with Crippen molar-refractivity contribution in [1.29, 1.82) is 0 Å². The number of nitrogens with one attached hydrogen (secondary N) is 2. The van der Waals surface area contributed by atoms with Gasteiger partial charge in [0.2, 0.25) is 11.0 Å². The largest absolute Gasteiger partial charge is 0.495 e. The minimum atomic E-state index is -0.207. The second kappa shape index (κ2) is 10.0. The molecule has 0 radical (unpaired) electrons. The second-order valence-corrected chi connectivity index (χ2v) is 8.88. The molecular weight excluding hydrogens is 444 g/mol. The maximum absolute atomic E-state index is 12.4. The minimum Gasteiger partial charge on any atom is -0.495 e. The first-order chi connectivity index (χ1) is 14.4. The topological polar surface area (TPSA) is 85.4 Å². The molecule has 0 aliphatic rings. The lowest BCUT2D eigenvalue weighted by Crippen LogP contribution is -2.14. The molecule has 1 amide bonds. The molecule has 10 heteroatoms. The molecule has 30 heavy (non-hydrogen) atoms. The third kappa shape index (κ3) is 5.35. The van der Waals surface area contributed by atoms with Gasteiger partial charge < -0.3 is 20.1 Å². The van der Waals surface area contributed by atoms with Crippen molar-refractivity contribution in [2.24, 2.45) is 0 Å². The summed E-state index contributed by atoms with van der Waals surface area (Å²) in [4.78, 5) is 12.4. The standard InChI is InChI=1S/C20H21ClN4O3S2/c1-11-6-5-7-14(12(11)2)23-19-24-25-20(30-19)29-10-18(26)22-15-9-16(27-3)13(21)8-17(15)28-4/h5-9H,10H2,1-4H3,(H,22,26)(H,23,24). The molecule has 2 N–H and O–H groups in total. The predicted molar refractivity (Wildman–Crippen MR) is 123 cm³/mol.